The number of carbonyl (C=O) groups is 1. The van der Waals surface area contributed by atoms with Gasteiger partial charge in [0.15, 0.2) is 5.76 Å². The van der Waals surface area contributed by atoms with Crippen LogP contribution in [0.25, 0.3) is 11.3 Å². The summed E-state index contributed by atoms with van der Waals surface area (Å²) in [6.45, 7) is 0.539. The van der Waals surface area contributed by atoms with Crippen LogP contribution >= 0.6 is 11.3 Å². The topological polar surface area (TPSA) is 64.4 Å². The van der Waals surface area contributed by atoms with Crippen molar-refractivity contribution >= 4 is 17.2 Å². The van der Waals surface area contributed by atoms with Crippen LogP contribution < -0.4 is 10.1 Å². The van der Waals surface area contributed by atoms with Crippen molar-refractivity contribution in [2.75, 3.05) is 7.11 Å². The van der Waals surface area contributed by atoms with Gasteiger partial charge in [0.1, 0.15) is 5.75 Å². The average molecular weight is 328 g/mol. The van der Waals surface area contributed by atoms with Crippen molar-refractivity contribution in [3.05, 3.63) is 58.4 Å². The molecule has 1 amide bonds. The van der Waals surface area contributed by atoms with E-state index in [1.54, 1.807) is 24.5 Å². The molecule has 0 radical (unpaired) electrons. The number of hydrogen-bond donors (Lipinski definition) is 1. The monoisotopic (exact) mass is 328 g/mol. The van der Waals surface area contributed by atoms with E-state index in [1.165, 1.54) is 0 Å². The number of thiophene rings is 1. The Morgan fingerprint density at radius 3 is 3.00 bits per heavy atom. The molecule has 2 heterocycles. The van der Waals surface area contributed by atoms with Crippen LogP contribution in [-0.2, 0) is 17.8 Å². The fraction of sp³-hybridized carbons (Fsp3) is 0.176. The van der Waals surface area contributed by atoms with Crippen molar-refractivity contribution in [3.8, 4) is 17.1 Å². The number of hydrogen-bond acceptors (Lipinski definition) is 5. The third-order valence-corrected chi connectivity index (χ3v) is 4.17. The Morgan fingerprint density at radius 1 is 1.30 bits per heavy atom. The molecule has 6 heteroatoms. The molecule has 118 valence electrons. The average Bonchev–Trinajstić information content (AvgIpc) is 3.25. The summed E-state index contributed by atoms with van der Waals surface area (Å²) in [6, 6.07) is 13.2. The molecule has 0 saturated carbocycles. The molecule has 0 atom stereocenters. The number of nitrogens with zero attached hydrogens (tertiary/aromatic N) is 1. The fourth-order valence-corrected chi connectivity index (χ4v) is 2.78. The summed E-state index contributed by atoms with van der Waals surface area (Å²) >= 11 is 1.62. The normalized spacial score (nSPS) is 10.5. The summed E-state index contributed by atoms with van der Waals surface area (Å²) in [6.07, 6.45) is 0.193. The number of amides is 1. The van der Waals surface area contributed by atoms with Crippen molar-refractivity contribution < 1.29 is 14.1 Å². The van der Waals surface area contributed by atoms with Crippen molar-refractivity contribution in [2.24, 2.45) is 0 Å². The highest BCUT2D eigenvalue weighted by Crippen LogP contribution is 2.24. The maximum atomic E-state index is 11.9. The second-order valence-electron chi connectivity index (χ2n) is 4.95. The smallest absolute Gasteiger partial charge is 0.226 e. The quantitative estimate of drug-likeness (QED) is 0.754. The second-order valence-corrected chi connectivity index (χ2v) is 5.98. The lowest BCUT2D eigenvalue weighted by atomic mass is 10.1. The molecule has 0 bridgehead atoms. The Hall–Kier alpha value is -2.60. The number of benzene rings is 1. The Bertz CT molecular complexity index is 781. The van der Waals surface area contributed by atoms with E-state index in [1.807, 2.05) is 41.8 Å². The van der Waals surface area contributed by atoms with Gasteiger partial charge in [-0.15, -0.1) is 11.3 Å². The maximum absolute atomic E-state index is 11.9. The molecular weight excluding hydrogens is 312 g/mol. The summed E-state index contributed by atoms with van der Waals surface area (Å²) < 4.78 is 10.5. The Kier molecular flexibility index (Phi) is 4.73. The van der Waals surface area contributed by atoms with Crippen LogP contribution in [0.1, 0.15) is 10.6 Å². The minimum Gasteiger partial charge on any atom is -0.497 e. The van der Waals surface area contributed by atoms with E-state index in [-0.39, 0.29) is 12.3 Å². The van der Waals surface area contributed by atoms with Crippen LogP contribution in [0.3, 0.4) is 0 Å². The first-order chi connectivity index (χ1) is 11.2. The van der Waals surface area contributed by atoms with Gasteiger partial charge in [0.25, 0.3) is 0 Å². The molecule has 0 unspecified atom stereocenters. The van der Waals surface area contributed by atoms with Gasteiger partial charge in [-0.25, -0.2) is 0 Å². The maximum Gasteiger partial charge on any atom is 0.226 e. The summed E-state index contributed by atoms with van der Waals surface area (Å²) in [5.41, 5.74) is 1.47. The van der Waals surface area contributed by atoms with Gasteiger partial charge in [0, 0.05) is 16.5 Å². The SMILES string of the molecule is COc1cccc(-c2cc(CC(=O)NCc3cccs3)no2)c1. The molecule has 3 aromatic rings. The molecule has 0 aliphatic carbocycles. The first-order valence-corrected chi connectivity index (χ1v) is 8.01. The van der Waals surface area contributed by atoms with Crippen LogP contribution in [0, 0.1) is 0 Å². The highest BCUT2D eigenvalue weighted by Gasteiger charge is 2.11. The predicted molar refractivity (Wildman–Crippen MR) is 88.4 cm³/mol. The number of nitrogens with one attached hydrogen (secondary N) is 1. The van der Waals surface area contributed by atoms with Crippen molar-refractivity contribution in [2.45, 2.75) is 13.0 Å². The summed E-state index contributed by atoms with van der Waals surface area (Å²) in [5.74, 6) is 1.28. The van der Waals surface area contributed by atoms with Gasteiger partial charge in [-0.2, -0.15) is 0 Å². The molecule has 3 rings (SSSR count). The largest absolute Gasteiger partial charge is 0.497 e. The predicted octanol–water partition coefficient (Wildman–Crippen LogP) is 3.27. The Morgan fingerprint density at radius 2 is 2.22 bits per heavy atom. The van der Waals surface area contributed by atoms with Gasteiger partial charge in [-0.05, 0) is 23.6 Å². The zero-order valence-corrected chi connectivity index (χ0v) is 13.4. The molecule has 23 heavy (non-hydrogen) atoms. The van der Waals surface area contributed by atoms with E-state index in [2.05, 4.69) is 10.5 Å². The Labute approximate surface area is 137 Å². The van der Waals surface area contributed by atoms with Gasteiger partial charge in [-0.3, -0.25) is 4.79 Å². The first-order valence-electron chi connectivity index (χ1n) is 7.13. The van der Waals surface area contributed by atoms with Gasteiger partial charge < -0.3 is 14.6 Å². The lowest BCUT2D eigenvalue weighted by Gasteiger charge is -2.01. The molecule has 1 N–H and O–H groups in total. The Balaban J connectivity index is 1.61. The fourth-order valence-electron chi connectivity index (χ4n) is 2.13. The molecular formula is C17H16N2O3S. The van der Waals surface area contributed by atoms with Gasteiger partial charge in [0.05, 0.1) is 25.8 Å². The zero-order chi connectivity index (χ0) is 16.1. The van der Waals surface area contributed by atoms with Crippen molar-refractivity contribution in [3.63, 3.8) is 0 Å². The highest BCUT2D eigenvalue weighted by molar-refractivity contribution is 7.09. The highest BCUT2D eigenvalue weighted by atomic mass is 32.1. The molecule has 2 aromatic heterocycles. The molecule has 0 fully saturated rings. The minimum absolute atomic E-state index is 0.0797. The van der Waals surface area contributed by atoms with E-state index >= 15 is 0 Å². The van der Waals surface area contributed by atoms with E-state index in [4.69, 9.17) is 9.26 Å². The van der Waals surface area contributed by atoms with Crippen LogP contribution in [0.5, 0.6) is 5.75 Å². The number of methoxy groups -OCH3 is 1. The molecule has 1 aromatic carbocycles. The summed E-state index contributed by atoms with van der Waals surface area (Å²) in [5, 5.41) is 8.82. The van der Waals surface area contributed by atoms with Crippen molar-refractivity contribution in [1.29, 1.82) is 0 Å². The van der Waals surface area contributed by atoms with Crippen LogP contribution in [0.2, 0.25) is 0 Å². The van der Waals surface area contributed by atoms with Crippen molar-refractivity contribution in [1.82, 2.24) is 10.5 Å². The molecule has 0 saturated heterocycles. The standard InChI is InChI=1S/C17H16N2O3S/c1-21-14-5-2-4-12(8-14)16-9-13(19-22-16)10-17(20)18-11-15-6-3-7-23-15/h2-9H,10-11H2,1H3,(H,18,20). The molecule has 5 nitrogen and oxygen atoms in total. The van der Waals surface area contributed by atoms with Gasteiger partial charge in [-0.1, -0.05) is 23.4 Å². The number of rotatable bonds is 6. The summed E-state index contributed by atoms with van der Waals surface area (Å²) in [7, 11) is 1.61. The number of ether oxygens (including phenoxy) is 1. The summed E-state index contributed by atoms with van der Waals surface area (Å²) in [4.78, 5) is 13.1. The van der Waals surface area contributed by atoms with E-state index in [0.29, 0.717) is 18.0 Å². The lowest BCUT2D eigenvalue weighted by Crippen LogP contribution is -2.24. The third-order valence-electron chi connectivity index (χ3n) is 3.29. The van der Waals surface area contributed by atoms with Gasteiger partial charge in [0.2, 0.25) is 5.91 Å². The minimum atomic E-state index is -0.0797. The van der Waals surface area contributed by atoms with Crippen LogP contribution in [-0.4, -0.2) is 18.2 Å². The second kappa shape index (κ2) is 7.11. The van der Waals surface area contributed by atoms with E-state index in [0.717, 1.165) is 16.2 Å². The third kappa shape index (κ3) is 3.98. The zero-order valence-electron chi connectivity index (χ0n) is 12.6. The number of aromatic nitrogens is 1. The van der Waals surface area contributed by atoms with Gasteiger partial charge >= 0.3 is 0 Å². The number of carbonyl (C=O) groups excluding carboxylic acids is 1. The molecule has 0 spiro atoms. The lowest BCUT2D eigenvalue weighted by molar-refractivity contribution is -0.120. The van der Waals surface area contributed by atoms with E-state index in [9.17, 15) is 4.79 Å². The molecule has 0 aliphatic heterocycles. The van der Waals surface area contributed by atoms with Crippen LogP contribution in [0.15, 0.2) is 52.4 Å². The molecule has 0 aliphatic rings. The van der Waals surface area contributed by atoms with E-state index < -0.39 is 0 Å². The van der Waals surface area contributed by atoms with Crippen LogP contribution in [0.4, 0.5) is 0 Å². The first kappa shape index (κ1) is 15.3.